The molecular weight excluding hydrogens is 364 g/mol. The molecule has 0 aliphatic carbocycles. The number of ether oxygens (including phenoxy) is 1. The molecule has 0 aliphatic heterocycles. The average molecular weight is 393 g/mol. The van der Waals surface area contributed by atoms with E-state index in [1.807, 2.05) is 30.3 Å². The van der Waals surface area contributed by atoms with Crippen molar-refractivity contribution in [1.29, 1.82) is 0 Å². The number of rotatable bonds is 9. The van der Waals surface area contributed by atoms with E-state index in [1.165, 1.54) is 11.9 Å². The van der Waals surface area contributed by atoms with Crippen LogP contribution in [0.2, 0.25) is 0 Å². The summed E-state index contributed by atoms with van der Waals surface area (Å²) in [6.07, 6.45) is 2.51. The van der Waals surface area contributed by atoms with Gasteiger partial charge in [0.15, 0.2) is 11.8 Å². The highest BCUT2D eigenvalue weighted by Gasteiger charge is 2.05. The second-order valence-corrected chi connectivity index (χ2v) is 6.66. The summed E-state index contributed by atoms with van der Waals surface area (Å²) >= 11 is 0. The van der Waals surface area contributed by atoms with E-state index >= 15 is 0 Å². The minimum absolute atomic E-state index is 0.102. The van der Waals surface area contributed by atoms with Gasteiger partial charge >= 0.3 is 0 Å². The highest BCUT2D eigenvalue weighted by Crippen LogP contribution is 2.16. The lowest BCUT2D eigenvalue weighted by molar-refractivity contribution is 0.0646. The normalized spacial score (nSPS) is 12.6. The molecule has 0 bridgehead atoms. The van der Waals surface area contributed by atoms with Crippen LogP contribution in [0.4, 0.5) is 0 Å². The van der Waals surface area contributed by atoms with E-state index < -0.39 is 0 Å². The van der Waals surface area contributed by atoms with Crippen LogP contribution < -0.4 is 10.6 Å². The summed E-state index contributed by atoms with van der Waals surface area (Å²) in [4.78, 5) is 8.47. The molecule has 3 rings (SSSR count). The van der Waals surface area contributed by atoms with Crippen LogP contribution in [0.15, 0.2) is 65.9 Å². The number of guanidine groups is 1. The van der Waals surface area contributed by atoms with E-state index in [4.69, 9.17) is 4.74 Å². The van der Waals surface area contributed by atoms with E-state index in [0.717, 1.165) is 35.9 Å². The number of aromatic nitrogens is 3. The summed E-state index contributed by atoms with van der Waals surface area (Å²) in [6.45, 7) is 4.23. The van der Waals surface area contributed by atoms with E-state index in [0.29, 0.717) is 13.2 Å². The monoisotopic (exact) mass is 392 g/mol. The zero-order valence-electron chi connectivity index (χ0n) is 16.9. The Morgan fingerprint density at radius 1 is 1.14 bits per heavy atom. The molecule has 152 valence electrons. The first-order chi connectivity index (χ1) is 14.3. The zero-order valence-corrected chi connectivity index (χ0v) is 16.9. The standard InChI is InChI=1S/C22H28N6O/c1-17(19-9-4-3-5-10-19)29-13-7-12-24-22(23-2)25-15-18-8-6-11-20(14-18)21-26-16-27-28-21/h3-6,8-11,14,16-17H,7,12-13,15H2,1-2H3,(H2,23,24,25)(H,26,27,28). The number of nitrogens with one attached hydrogen (secondary N) is 3. The van der Waals surface area contributed by atoms with Gasteiger partial charge in [0.2, 0.25) is 0 Å². The van der Waals surface area contributed by atoms with Crippen LogP contribution in [-0.2, 0) is 11.3 Å². The predicted octanol–water partition coefficient (Wildman–Crippen LogP) is 3.30. The summed E-state index contributed by atoms with van der Waals surface area (Å²) in [6, 6.07) is 18.4. The molecule has 29 heavy (non-hydrogen) atoms. The van der Waals surface area contributed by atoms with Crippen LogP contribution in [0.5, 0.6) is 0 Å². The third-order valence-corrected chi connectivity index (χ3v) is 4.55. The molecule has 3 aromatic rings. The highest BCUT2D eigenvalue weighted by atomic mass is 16.5. The Hall–Kier alpha value is -3.19. The van der Waals surface area contributed by atoms with Crippen LogP contribution >= 0.6 is 0 Å². The second kappa shape index (κ2) is 11.0. The Bertz CT molecular complexity index is 879. The molecule has 0 aliphatic rings. The molecule has 1 heterocycles. The van der Waals surface area contributed by atoms with Gasteiger partial charge in [-0.1, -0.05) is 48.5 Å². The maximum Gasteiger partial charge on any atom is 0.191 e. The van der Waals surface area contributed by atoms with Crippen molar-refractivity contribution < 1.29 is 4.74 Å². The van der Waals surface area contributed by atoms with Gasteiger partial charge < -0.3 is 15.4 Å². The van der Waals surface area contributed by atoms with Gasteiger partial charge in [-0.05, 0) is 30.5 Å². The van der Waals surface area contributed by atoms with Crippen LogP contribution in [-0.4, -0.2) is 41.3 Å². The fourth-order valence-electron chi connectivity index (χ4n) is 2.94. The van der Waals surface area contributed by atoms with E-state index in [2.05, 4.69) is 62.0 Å². The lowest BCUT2D eigenvalue weighted by Gasteiger charge is -2.15. The van der Waals surface area contributed by atoms with Gasteiger partial charge in [0.1, 0.15) is 6.33 Å². The van der Waals surface area contributed by atoms with Crippen LogP contribution in [0.1, 0.15) is 30.6 Å². The van der Waals surface area contributed by atoms with E-state index in [1.54, 1.807) is 7.05 Å². The Labute approximate surface area is 171 Å². The van der Waals surface area contributed by atoms with Crippen LogP contribution in [0.25, 0.3) is 11.4 Å². The van der Waals surface area contributed by atoms with Crippen molar-refractivity contribution in [2.75, 3.05) is 20.2 Å². The Kier molecular flexibility index (Phi) is 7.77. The summed E-state index contributed by atoms with van der Waals surface area (Å²) in [5.41, 5.74) is 3.35. The van der Waals surface area contributed by atoms with Crippen LogP contribution in [0, 0.1) is 0 Å². The molecule has 3 N–H and O–H groups in total. The average Bonchev–Trinajstić information content (AvgIpc) is 3.31. The number of aliphatic imine (C=N–C) groups is 1. The Balaban J connectivity index is 1.37. The lowest BCUT2D eigenvalue weighted by Crippen LogP contribution is -2.37. The number of hydrogen-bond donors (Lipinski definition) is 3. The van der Waals surface area contributed by atoms with Crippen molar-refractivity contribution >= 4 is 5.96 Å². The van der Waals surface area contributed by atoms with Gasteiger partial charge in [0, 0.05) is 32.3 Å². The summed E-state index contributed by atoms with van der Waals surface area (Å²) < 4.78 is 5.91. The fourth-order valence-corrected chi connectivity index (χ4v) is 2.94. The first kappa shape index (κ1) is 20.5. The molecular formula is C22H28N6O. The topological polar surface area (TPSA) is 87.2 Å². The third kappa shape index (κ3) is 6.43. The SMILES string of the molecule is CN=C(NCCCOC(C)c1ccccc1)NCc1cccc(-c2ncn[nH]2)c1. The fraction of sp³-hybridized carbons (Fsp3) is 0.318. The van der Waals surface area contributed by atoms with Crippen molar-refractivity contribution in [3.63, 3.8) is 0 Å². The van der Waals surface area contributed by atoms with Crippen LogP contribution in [0.3, 0.4) is 0 Å². The summed E-state index contributed by atoms with van der Waals surface area (Å²) in [5.74, 6) is 1.53. The third-order valence-electron chi connectivity index (χ3n) is 4.55. The van der Waals surface area contributed by atoms with Gasteiger partial charge in [-0.15, -0.1) is 0 Å². The molecule has 0 amide bonds. The number of H-pyrrole nitrogens is 1. The van der Waals surface area contributed by atoms with Crippen molar-refractivity contribution in [3.8, 4) is 11.4 Å². The maximum atomic E-state index is 5.91. The van der Waals surface area contributed by atoms with Gasteiger partial charge in [0.25, 0.3) is 0 Å². The first-order valence-corrected chi connectivity index (χ1v) is 9.82. The van der Waals surface area contributed by atoms with Crippen molar-refractivity contribution in [2.24, 2.45) is 4.99 Å². The Morgan fingerprint density at radius 2 is 2.00 bits per heavy atom. The van der Waals surface area contributed by atoms with E-state index in [-0.39, 0.29) is 6.10 Å². The van der Waals surface area contributed by atoms with Crippen molar-refractivity contribution in [2.45, 2.75) is 26.0 Å². The second-order valence-electron chi connectivity index (χ2n) is 6.66. The largest absolute Gasteiger partial charge is 0.374 e. The molecule has 7 nitrogen and oxygen atoms in total. The lowest BCUT2D eigenvalue weighted by atomic mass is 10.1. The molecule has 1 aromatic heterocycles. The molecule has 7 heteroatoms. The quantitative estimate of drug-likeness (QED) is 0.295. The van der Waals surface area contributed by atoms with Crippen molar-refractivity contribution in [1.82, 2.24) is 25.8 Å². The maximum absolute atomic E-state index is 5.91. The number of nitrogens with zero attached hydrogens (tertiary/aromatic N) is 3. The highest BCUT2D eigenvalue weighted by molar-refractivity contribution is 5.79. The first-order valence-electron chi connectivity index (χ1n) is 9.82. The molecule has 0 saturated carbocycles. The predicted molar refractivity (Wildman–Crippen MR) is 115 cm³/mol. The molecule has 1 atom stereocenters. The number of benzene rings is 2. The number of aromatic amines is 1. The summed E-state index contributed by atoms with van der Waals surface area (Å²) in [7, 11) is 1.77. The molecule has 0 spiro atoms. The number of hydrogen-bond acceptors (Lipinski definition) is 4. The smallest absolute Gasteiger partial charge is 0.191 e. The molecule has 1 unspecified atom stereocenters. The molecule has 2 aromatic carbocycles. The minimum atomic E-state index is 0.102. The van der Waals surface area contributed by atoms with Gasteiger partial charge in [-0.3, -0.25) is 10.1 Å². The summed E-state index contributed by atoms with van der Waals surface area (Å²) in [5, 5.41) is 13.4. The Morgan fingerprint density at radius 3 is 2.76 bits per heavy atom. The van der Waals surface area contributed by atoms with Gasteiger partial charge in [-0.25, -0.2) is 4.98 Å². The molecule has 0 fully saturated rings. The molecule has 0 radical (unpaired) electrons. The van der Waals surface area contributed by atoms with E-state index in [9.17, 15) is 0 Å². The minimum Gasteiger partial charge on any atom is -0.374 e. The van der Waals surface area contributed by atoms with Crippen molar-refractivity contribution in [3.05, 3.63) is 72.1 Å². The van der Waals surface area contributed by atoms with Gasteiger partial charge in [0.05, 0.1) is 6.10 Å². The van der Waals surface area contributed by atoms with Gasteiger partial charge in [-0.2, -0.15) is 5.10 Å². The molecule has 0 saturated heterocycles. The zero-order chi connectivity index (χ0) is 20.3.